The number of nitrogens with one attached hydrogen (secondary N) is 1. The molecule has 0 bridgehead atoms. The lowest BCUT2D eigenvalue weighted by molar-refractivity contribution is -0.120. The van der Waals surface area contributed by atoms with Gasteiger partial charge in [0.2, 0.25) is 5.91 Å². The minimum Gasteiger partial charge on any atom is -0.352 e. The molecule has 3 rings (SSSR count). The molecule has 108 valence electrons. The van der Waals surface area contributed by atoms with E-state index in [0.717, 1.165) is 24.7 Å². The summed E-state index contributed by atoms with van der Waals surface area (Å²) in [4.78, 5) is 12.0. The molecule has 1 amide bonds. The van der Waals surface area contributed by atoms with Crippen LogP contribution in [0.5, 0.6) is 0 Å². The lowest BCUT2D eigenvalue weighted by atomic mass is 9.62. The van der Waals surface area contributed by atoms with Gasteiger partial charge in [-0.1, -0.05) is 44.2 Å². The van der Waals surface area contributed by atoms with Gasteiger partial charge in [0.1, 0.15) is 0 Å². The first-order chi connectivity index (χ1) is 9.59. The zero-order valence-electron chi connectivity index (χ0n) is 12.6. The van der Waals surface area contributed by atoms with Gasteiger partial charge in [0.05, 0.1) is 0 Å². The van der Waals surface area contributed by atoms with Crippen molar-refractivity contribution in [3.63, 3.8) is 0 Å². The topological polar surface area (TPSA) is 29.1 Å². The fraction of sp³-hybridized carbons (Fsp3) is 0.611. The van der Waals surface area contributed by atoms with Crippen LogP contribution >= 0.6 is 0 Å². The predicted octanol–water partition coefficient (Wildman–Crippen LogP) is 3.56. The Kier molecular flexibility index (Phi) is 3.57. The summed E-state index contributed by atoms with van der Waals surface area (Å²) < 4.78 is 0. The van der Waals surface area contributed by atoms with Crippen molar-refractivity contribution in [2.45, 2.75) is 52.0 Å². The van der Waals surface area contributed by atoms with E-state index in [1.54, 1.807) is 0 Å². The third-order valence-electron chi connectivity index (χ3n) is 5.67. The lowest BCUT2D eigenvalue weighted by Crippen LogP contribution is -2.43. The monoisotopic (exact) mass is 271 g/mol. The Bertz CT molecular complexity index is 483. The van der Waals surface area contributed by atoms with Crippen LogP contribution in [0.2, 0.25) is 0 Å². The lowest BCUT2D eigenvalue weighted by Gasteiger charge is -2.43. The van der Waals surface area contributed by atoms with E-state index < -0.39 is 0 Å². The molecular weight excluding hydrogens is 246 g/mol. The smallest absolute Gasteiger partial charge is 0.220 e. The van der Waals surface area contributed by atoms with Crippen molar-refractivity contribution in [1.29, 1.82) is 0 Å². The van der Waals surface area contributed by atoms with Gasteiger partial charge in [-0.3, -0.25) is 4.79 Å². The highest BCUT2D eigenvalue weighted by Crippen LogP contribution is 2.49. The molecule has 2 fully saturated rings. The number of hydrogen-bond donors (Lipinski definition) is 1. The van der Waals surface area contributed by atoms with E-state index in [1.807, 2.05) is 0 Å². The van der Waals surface area contributed by atoms with Crippen molar-refractivity contribution in [3.05, 3.63) is 35.9 Å². The molecular formula is C18H25NO. The molecule has 4 unspecified atom stereocenters. The first-order valence-electron chi connectivity index (χ1n) is 7.92. The van der Waals surface area contributed by atoms with Gasteiger partial charge in [0.25, 0.3) is 0 Å². The second-order valence-electron chi connectivity index (χ2n) is 7.05. The van der Waals surface area contributed by atoms with Gasteiger partial charge in [0, 0.05) is 12.5 Å². The summed E-state index contributed by atoms with van der Waals surface area (Å²) in [7, 11) is 0. The summed E-state index contributed by atoms with van der Waals surface area (Å²) in [5.74, 6) is 1.79. The van der Waals surface area contributed by atoms with E-state index in [0.29, 0.717) is 6.04 Å². The second kappa shape index (κ2) is 5.23. The molecule has 4 atom stereocenters. The first kappa shape index (κ1) is 13.7. The molecule has 1 saturated heterocycles. The van der Waals surface area contributed by atoms with E-state index in [1.165, 1.54) is 24.8 Å². The SMILES string of the molecule is CC1CCC2(CC(=O)NC2Cc2ccccc2)CC1C. The quantitative estimate of drug-likeness (QED) is 0.875. The molecule has 1 aliphatic heterocycles. The largest absolute Gasteiger partial charge is 0.352 e. The maximum atomic E-state index is 12.0. The summed E-state index contributed by atoms with van der Waals surface area (Å²) in [5.41, 5.74) is 1.55. The van der Waals surface area contributed by atoms with Gasteiger partial charge < -0.3 is 5.32 Å². The molecule has 0 aromatic heterocycles. The zero-order chi connectivity index (χ0) is 14.2. The van der Waals surface area contributed by atoms with Crippen LogP contribution in [0, 0.1) is 17.3 Å². The van der Waals surface area contributed by atoms with Crippen LogP contribution in [-0.4, -0.2) is 11.9 Å². The Balaban J connectivity index is 1.80. The number of carbonyl (C=O) groups is 1. The number of rotatable bonds is 2. The summed E-state index contributed by atoms with van der Waals surface area (Å²) in [5, 5.41) is 3.26. The molecule has 0 radical (unpaired) electrons. The molecule has 20 heavy (non-hydrogen) atoms. The Morgan fingerprint density at radius 3 is 2.65 bits per heavy atom. The van der Waals surface area contributed by atoms with Crippen LogP contribution < -0.4 is 5.32 Å². The van der Waals surface area contributed by atoms with Gasteiger partial charge in [-0.15, -0.1) is 0 Å². The molecule has 1 aliphatic carbocycles. The summed E-state index contributed by atoms with van der Waals surface area (Å²) in [6.45, 7) is 4.71. The van der Waals surface area contributed by atoms with Gasteiger partial charge in [0.15, 0.2) is 0 Å². The first-order valence-corrected chi connectivity index (χ1v) is 7.92. The van der Waals surface area contributed by atoms with E-state index in [2.05, 4.69) is 49.5 Å². The van der Waals surface area contributed by atoms with Crippen molar-refractivity contribution < 1.29 is 4.79 Å². The van der Waals surface area contributed by atoms with Gasteiger partial charge >= 0.3 is 0 Å². The van der Waals surface area contributed by atoms with E-state index in [9.17, 15) is 4.79 Å². The Morgan fingerprint density at radius 1 is 1.20 bits per heavy atom. The Morgan fingerprint density at radius 2 is 1.95 bits per heavy atom. The van der Waals surface area contributed by atoms with Crippen LogP contribution in [0.3, 0.4) is 0 Å². The summed E-state index contributed by atoms with van der Waals surface area (Å²) in [6, 6.07) is 10.9. The summed E-state index contributed by atoms with van der Waals surface area (Å²) >= 11 is 0. The average molecular weight is 271 g/mol. The third kappa shape index (κ3) is 2.48. The molecule has 1 N–H and O–H groups in total. The second-order valence-corrected chi connectivity index (χ2v) is 7.05. The van der Waals surface area contributed by atoms with Crippen LogP contribution in [-0.2, 0) is 11.2 Å². The molecule has 2 nitrogen and oxygen atoms in total. The molecule has 1 heterocycles. The highest BCUT2D eigenvalue weighted by molar-refractivity contribution is 5.80. The average Bonchev–Trinajstić information content (AvgIpc) is 2.72. The van der Waals surface area contributed by atoms with Crippen LogP contribution in [0.1, 0.15) is 45.1 Å². The van der Waals surface area contributed by atoms with Gasteiger partial charge in [-0.25, -0.2) is 0 Å². The third-order valence-corrected chi connectivity index (χ3v) is 5.67. The van der Waals surface area contributed by atoms with E-state index >= 15 is 0 Å². The van der Waals surface area contributed by atoms with E-state index in [4.69, 9.17) is 0 Å². The predicted molar refractivity (Wildman–Crippen MR) is 81.3 cm³/mol. The number of benzene rings is 1. The van der Waals surface area contributed by atoms with E-state index in [-0.39, 0.29) is 11.3 Å². The minimum atomic E-state index is 0.207. The van der Waals surface area contributed by atoms with Crippen LogP contribution in [0.15, 0.2) is 30.3 Å². The molecule has 1 spiro atoms. The molecule has 2 aliphatic rings. The molecule has 1 saturated carbocycles. The normalized spacial score (nSPS) is 37.1. The number of carbonyl (C=O) groups excluding carboxylic acids is 1. The molecule has 1 aromatic carbocycles. The zero-order valence-corrected chi connectivity index (χ0v) is 12.6. The fourth-order valence-electron chi connectivity index (χ4n) is 4.18. The maximum absolute atomic E-state index is 12.0. The maximum Gasteiger partial charge on any atom is 0.220 e. The fourth-order valence-corrected chi connectivity index (χ4v) is 4.18. The number of hydrogen-bond acceptors (Lipinski definition) is 1. The standard InChI is InChI=1S/C18H25NO/c1-13-8-9-18(11-14(13)2)12-17(20)19-16(18)10-15-6-4-3-5-7-15/h3-7,13-14,16H,8-12H2,1-2H3,(H,19,20). The van der Waals surface area contributed by atoms with Crippen molar-refractivity contribution in [2.75, 3.05) is 0 Å². The Labute approximate surface area is 122 Å². The molecule has 1 aromatic rings. The van der Waals surface area contributed by atoms with Crippen LogP contribution in [0.4, 0.5) is 0 Å². The van der Waals surface area contributed by atoms with Gasteiger partial charge in [-0.05, 0) is 48.5 Å². The number of amides is 1. The Hall–Kier alpha value is -1.31. The van der Waals surface area contributed by atoms with Crippen molar-refractivity contribution >= 4 is 5.91 Å². The highest BCUT2D eigenvalue weighted by Gasteiger charge is 2.49. The van der Waals surface area contributed by atoms with Crippen molar-refractivity contribution in [2.24, 2.45) is 17.3 Å². The summed E-state index contributed by atoms with van der Waals surface area (Å²) in [6.07, 6.45) is 5.38. The van der Waals surface area contributed by atoms with Gasteiger partial charge in [-0.2, -0.15) is 0 Å². The van der Waals surface area contributed by atoms with Crippen LogP contribution in [0.25, 0.3) is 0 Å². The molecule has 2 heteroatoms. The van der Waals surface area contributed by atoms with Crippen molar-refractivity contribution in [1.82, 2.24) is 5.32 Å². The highest BCUT2D eigenvalue weighted by atomic mass is 16.2. The van der Waals surface area contributed by atoms with Crippen molar-refractivity contribution in [3.8, 4) is 0 Å². The minimum absolute atomic E-state index is 0.207.